The van der Waals surface area contributed by atoms with Gasteiger partial charge in [-0.3, -0.25) is 4.98 Å². The summed E-state index contributed by atoms with van der Waals surface area (Å²) in [5, 5.41) is 0. The lowest BCUT2D eigenvalue weighted by Gasteiger charge is -2.46. The molecular formula is C20H24N2O3S2. The molecule has 27 heavy (non-hydrogen) atoms. The van der Waals surface area contributed by atoms with Gasteiger partial charge >= 0.3 is 0 Å². The van der Waals surface area contributed by atoms with E-state index in [-0.39, 0.29) is 10.9 Å². The van der Waals surface area contributed by atoms with Gasteiger partial charge in [-0.25, -0.2) is 8.42 Å². The Morgan fingerprint density at radius 2 is 2.00 bits per heavy atom. The minimum atomic E-state index is -3.41. The summed E-state index contributed by atoms with van der Waals surface area (Å²) in [4.78, 5) is 4.51. The van der Waals surface area contributed by atoms with Crippen molar-refractivity contribution in [2.45, 2.75) is 42.6 Å². The van der Waals surface area contributed by atoms with Gasteiger partial charge in [-0.05, 0) is 55.2 Å². The Balaban J connectivity index is 1.36. The summed E-state index contributed by atoms with van der Waals surface area (Å²) in [5.74, 6) is 0.914. The summed E-state index contributed by atoms with van der Waals surface area (Å²) >= 11 is 1.85. The Morgan fingerprint density at radius 1 is 1.26 bits per heavy atom. The number of hydrogen-bond donors (Lipinski definition) is 0. The second-order valence-corrected chi connectivity index (χ2v) is 11.0. The van der Waals surface area contributed by atoms with Crippen molar-refractivity contribution in [1.82, 2.24) is 9.29 Å². The molecular weight excluding hydrogens is 380 g/mol. The number of rotatable bonds is 5. The van der Waals surface area contributed by atoms with Crippen LogP contribution in [0.2, 0.25) is 0 Å². The average molecular weight is 405 g/mol. The molecule has 144 valence electrons. The molecule has 0 aliphatic carbocycles. The Hall–Kier alpha value is -1.41. The predicted octanol–water partition coefficient (Wildman–Crippen LogP) is 3.16. The number of sulfonamides is 1. The van der Waals surface area contributed by atoms with E-state index in [0.29, 0.717) is 24.6 Å². The molecule has 1 atom stereocenters. The van der Waals surface area contributed by atoms with Gasteiger partial charge < -0.3 is 4.74 Å². The van der Waals surface area contributed by atoms with Crippen LogP contribution in [0.5, 0.6) is 0 Å². The zero-order valence-electron chi connectivity index (χ0n) is 15.6. The summed E-state index contributed by atoms with van der Waals surface area (Å²) in [5.41, 5.74) is 3.02. The molecule has 3 heterocycles. The molecule has 0 amide bonds. The van der Waals surface area contributed by atoms with Crippen molar-refractivity contribution in [1.29, 1.82) is 0 Å². The van der Waals surface area contributed by atoms with E-state index in [1.807, 2.05) is 50.0 Å². The van der Waals surface area contributed by atoms with Gasteiger partial charge in [0.05, 0.1) is 17.6 Å². The Bertz CT molecular complexity index is 905. The van der Waals surface area contributed by atoms with E-state index in [9.17, 15) is 8.42 Å². The Labute approximate surface area is 165 Å². The highest BCUT2D eigenvalue weighted by Crippen LogP contribution is 2.47. The molecule has 1 spiro atoms. The van der Waals surface area contributed by atoms with Crippen LogP contribution in [-0.2, 0) is 21.4 Å². The van der Waals surface area contributed by atoms with E-state index in [1.165, 1.54) is 0 Å². The van der Waals surface area contributed by atoms with E-state index in [0.717, 1.165) is 28.9 Å². The second kappa shape index (κ2) is 7.20. The number of aryl methyl sites for hydroxylation is 2. The molecule has 1 aromatic heterocycles. The van der Waals surface area contributed by atoms with E-state index in [2.05, 4.69) is 4.98 Å². The van der Waals surface area contributed by atoms with Crippen LogP contribution < -0.4 is 0 Å². The fourth-order valence-corrected chi connectivity index (χ4v) is 7.34. The zero-order chi connectivity index (χ0) is 19.1. The number of thioether (sulfide) groups is 1. The van der Waals surface area contributed by atoms with Gasteiger partial charge in [0, 0.05) is 36.0 Å². The van der Waals surface area contributed by atoms with Crippen molar-refractivity contribution in [2.75, 3.05) is 18.8 Å². The molecule has 4 rings (SSSR count). The summed E-state index contributed by atoms with van der Waals surface area (Å²) < 4.78 is 33.5. The van der Waals surface area contributed by atoms with Crippen LogP contribution in [-0.4, -0.2) is 47.4 Å². The predicted molar refractivity (Wildman–Crippen MR) is 107 cm³/mol. The molecule has 0 radical (unpaired) electrons. The summed E-state index contributed by atoms with van der Waals surface area (Å²) in [6, 6.07) is 9.43. The van der Waals surface area contributed by atoms with Gasteiger partial charge in [0.2, 0.25) is 10.0 Å². The lowest BCUT2D eigenvalue weighted by atomic mass is 9.95. The number of benzene rings is 1. The van der Waals surface area contributed by atoms with Crippen LogP contribution >= 0.6 is 11.8 Å². The van der Waals surface area contributed by atoms with Crippen LogP contribution in [0.3, 0.4) is 0 Å². The van der Waals surface area contributed by atoms with Crippen LogP contribution in [0.15, 0.2) is 47.6 Å². The van der Waals surface area contributed by atoms with Gasteiger partial charge in [0.15, 0.2) is 0 Å². The largest absolute Gasteiger partial charge is 0.373 e. The third kappa shape index (κ3) is 3.92. The van der Waals surface area contributed by atoms with Gasteiger partial charge in [0.25, 0.3) is 0 Å². The average Bonchev–Trinajstić information content (AvgIpc) is 3.04. The zero-order valence-corrected chi connectivity index (χ0v) is 17.2. The molecule has 0 unspecified atom stereocenters. The Kier molecular flexibility index (Phi) is 5.05. The molecule has 1 aromatic carbocycles. The fraction of sp³-hybridized carbons (Fsp3) is 0.450. The number of ether oxygens (including phenoxy) is 1. The molecule has 0 N–H and O–H groups in total. The lowest BCUT2D eigenvalue weighted by Crippen LogP contribution is -2.60. The van der Waals surface area contributed by atoms with Gasteiger partial charge in [-0.1, -0.05) is 12.1 Å². The monoisotopic (exact) mass is 404 g/mol. The molecule has 0 bridgehead atoms. The molecule has 2 aliphatic heterocycles. The third-order valence-electron chi connectivity index (χ3n) is 5.15. The maximum absolute atomic E-state index is 12.9. The summed E-state index contributed by atoms with van der Waals surface area (Å²) in [6.45, 7) is 5.56. The van der Waals surface area contributed by atoms with Gasteiger partial charge in [0.1, 0.15) is 0 Å². The highest BCUT2D eigenvalue weighted by molar-refractivity contribution is 8.01. The maximum atomic E-state index is 12.9. The lowest BCUT2D eigenvalue weighted by molar-refractivity contribution is 0.0396. The van der Waals surface area contributed by atoms with Gasteiger partial charge in [-0.2, -0.15) is 4.31 Å². The maximum Gasteiger partial charge on any atom is 0.243 e. The topological polar surface area (TPSA) is 59.5 Å². The minimum absolute atomic E-state index is 0.00550. The van der Waals surface area contributed by atoms with Crippen molar-refractivity contribution < 1.29 is 13.2 Å². The first-order valence-corrected chi connectivity index (χ1v) is 11.5. The van der Waals surface area contributed by atoms with Crippen molar-refractivity contribution in [2.24, 2.45) is 0 Å². The van der Waals surface area contributed by atoms with Gasteiger partial charge in [-0.15, -0.1) is 11.8 Å². The smallest absolute Gasteiger partial charge is 0.243 e. The third-order valence-corrected chi connectivity index (χ3v) is 8.49. The molecule has 2 aliphatic rings. The molecule has 2 fully saturated rings. The highest BCUT2D eigenvalue weighted by Gasteiger charge is 2.53. The first kappa shape index (κ1) is 18.9. The summed E-state index contributed by atoms with van der Waals surface area (Å²) in [7, 11) is -3.41. The number of nitrogens with zero attached hydrogens (tertiary/aromatic N) is 2. The van der Waals surface area contributed by atoms with E-state index < -0.39 is 10.0 Å². The first-order valence-electron chi connectivity index (χ1n) is 9.09. The standard InChI is InChI=1S/C20H24N2O3S2/c1-15-6-16(2)8-19(7-15)27(23,24)22-13-20(14-22)9-18(12-26-20)25-11-17-4-3-5-21-10-17/h3-8,10,18H,9,11-14H2,1-2H3/t18-/m1/s1. The first-order chi connectivity index (χ1) is 12.9. The molecule has 0 saturated carbocycles. The normalized spacial score (nSPS) is 22.1. The fourth-order valence-electron chi connectivity index (χ4n) is 3.82. The number of pyridine rings is 1. The molecule has 5 nitrogen and oxygen atoms in total. The quantitative estimate of drug-likeness (QED) is 0.766. The minimum Gasteiger partial charge on any atom is -0.373 e. The molecule has 2 aromatic rings. The molecule has 7 heteroatoms. The SMILES string of the molecule is Cc1cc(C)cc(S(=O)(=O)N2CC3(C[C@@H](OCc4cccnc4)CS3)C2)c1. The van der Waals surface area contributed by atoms with E-state index >= 15 is 0 Å². The second-order valence-electron chi connectivity index (χ2n) is 7.59. The van der Waals surface area contributed by atoms with Crippen molar-refractivity contribution >= 4 is 21.8 Å². The van der Waals surface area contributed by atoms with Crippen LogP contribution in [0.1, 0.15) is 23.1 Å². The molecule has 2 saturated heterocycles. The van der Waals surface area contributed by atoms with Crippen molar-refractivity contribution in [3.05, 3.63) is 59.4 Å². The summed E-state index contributed by atoms with van der Waals surface area (Å²) in [6.07, 6.45) is 4.64. The highest BCUT2D eigenvalue weighted by atomic mass is 32.2. The van der Waals surface area contributed by atoms with Crippen LogP contribution in [0.25, 0.3) is 0 Å². The van der Waals surface area contributed by atoms with E-state index in [1.54, 1.807) is 22.6 Å². The Morgan fingerprint density at radius 3 is 2.67 bits per heavy atom. The number of aromatic nitrogens is 1. The van der Waals surface area contributed by atoms with E-state index in [4.69, 9.17) is 4.74 Å². The van der Waals surface area contributed by atoms with Crippen molar-refractivity contribution in [3.63, 3.8) is 0 Å². The van der Waals surface area contributed by atoms with Crippen LogP contribution in [0.4, 0.5) is 0 Å². The van der Waals surface area contributed by atoms with Crippen LogP contribution in [0, 0.1) is 13.8 Å². The van der Waals surface area contributed by atoms with Crippen molar-refractivity contribution in [3.8, 4) is 0 Å². The number of hydrogen-bond acceptors (Lipinski definition) is 5.